The van der Waals surface area contributed by atoms with Crippen LogP contribution >= 0.6 is 0 Å². The summed E-state index contributed by atoms with van der Waals surface area (Å²) >= 11 is 0. The van der Waals surface area contributed by atoms with Gasteiger partial charge in [0.25, 0.3) is 0 Å². The smallest absolute Gasteiger partial charge is 0.248 e. The standard InChI is InChI=1S/C24H24N6O2/c31-21-17-29(24(27-21)10-13-25-14-11-24)22(32)9-8-19-16-30(20-6-2-1-3-7-20)28-23(19)18-5-4-12-26-15-18/h1-9,12,15-16,25H,10-11,13-14,17H2,(H,27,31)/b9-8+. The number of hydrogen-bond donors (Lipinski definition) is 2. The quantitative estimate of drug-likeness (QED) is 0.620. The van der Waals surface area contributed by atoms with Crippen LogP contribution in [0.25, 0.3) is 23.0 Å². The summed E-state index contributed by atoms with van der Waals surface area (Å²) in [7, 11) is 0. The lowest BCUT2D eigenvalue weighted by atomic mass is 9.97. The first-order valence-electron chi connectivity index (χ1n) is 10.7. The van der Waals surface area contributed by atoms with E-state index in [4.69, 9.17) is 5.10 Å². The van der Waals surface area contributed by atoms with Gasteiger partial charge in [0.2, 0.25) is 11.8 Å². The average Bonchev–Trinajstić information content (AvgIpc) is 3.40. The minimum Gasteiger partial charge on any atom is -0.332 e. The first kappa shape index (κ1) is 20.1. The Balaban J connectivity index is 1.47. The summed E-state index contributed by atoms with van der Waals surface area (Å²) in [6, 6.07) is 13.6. The highest BCUT2D eigenvalue weighted by atomic mass is 16.2. The number of rotatable bonds is 4. The topological polar surface area (TPSA) is 92.2 Å². The first-order chi connectivity index (χ1) is 15.6. The maximum absolute atomic E-state index is 13.1. The largest absolute Gasteiger partial charge is 0.332 e. The summed E-state index contributed by atoms with van der Waals surface area (Å²) in [5.41, 5.74) is 2.73. The van der Waals surface area contributed by atoms with Gasteiger partial charge >= 0.3 is 0 Å². The van der Waals surface area contributed by atoms with Gasteiger partial charge in [0, 0.05) is 48.6 Å². The van der Waals surface area contributed by atoms with Crippen LogP contribution in [0.1, 0.15) is 18.4 Å². The zero-order valence-electron chi connectivity index (χ0n) is 17.6. The molecule has 3 aromatic rings. The van der Waals surface area contributed by atoms with E-state index in [1.165, 1.54) is 6.08 Å². The Morgan fingerprint density at radius 1 is 1.09 bits per heavy atom. The summed E-state index contributed by atoms with van der Waals surface area (Å²) in [4.78, 5) is 31.2. The van der Waals surface area contributed by atoms with Crippen LogP contribution < -0.4 is 10.6 Å². The number of carbonyl (C=O) groups excluding carboxylic acids is 2. The van der Waals surface area contributed by atoms with E-state index in [0.29, 0.717) is 12.8 Å². The predicted molar refractivity (Wildman–Crippen MR) is 121 cm³/mol. The van der Waals surface area contributed by atoms with E-state index in [1.807, 2.05) is 48.7 Å². The third-order valence-electron chi connectivity index (χ3n) is 5.99. The number of para-hydroxylation sites is 1. The van der Waals surface area contributed by atoms with Crippen molar-refractivity contribution in [2.45, 2.75) is 18.5 Å². The minimum absolute atomic E-state index is 0.0852. The van der Waals surface area contributed by atoms with Crippen molar-refractivity contribution in [1.29, 1.82) is 0 Å². The van der Waals surface area contributed by atoms with Crippen LogP contribution in [0.5, 0.6) is 0 Å². The third-order valence-corrected chi connectivity index (χ3v) is 5.99. The van der Waals surface area contributed by atoms with E-state index >= 15 is 0 Å². The van der Waals surface area contributed by atoms with Gasteiger partial charge in [0.15, 0.2) is 0 Å². The number of amides is 2. The van der Waals surface area contributed by atoms with Gasteiger partial charge < -0.3 is 15.5 Å². The molecule has 0 bridgehead atoms. The molecule has 0 aliphatic carbocycles. The second kappa shape index (κ2) is 8.39. The molecular formula is C24H24N6O2. The molecule has 5 rings (SSSR count). The molecule has 162 valence electrons. The SMILES string of the molecule is O=C1CN(C(=O)/C=C/c2cn(-c3ccccc3)nc2-c2cccnc2)C2(CCNCC2)N1. The molecule has 0 radical (unpaired) electrons. The minimum atomic E-state index is -0.593. The van der Waals surface area contributed by atoms with Gasteiger partial charge in [-0.3, -0.25) is 14.6 Å². The molecule has 2 aromatic heterocycles. The zero-order chi connectivity index (χ0) is 22.0. The van der Waals surface area contributed by atoms with Crippen LogP contribution in [0.2, 0.25) is 0 Å². The van der Waals surface area contributed by atoms with Gasteiger partial charge in [0.1, 0.15) is 17.9 Å². The van der Waals surface area contributed by atoms with Gasteiger partial charge in [-0.1, -0.05) is 18.2 Å². The molecule has 1 spiro atoms. The molecule has 0 unspecified atom stereocenters. The summed E-state index contributed by atoms with van der Waals surface area (Å²) in [6.45, 7) is 1.62. The number of hydrogen-bond acceptors (Lipinski definition) is 5. The lowest BCUT2D eigenvalue weighted by Gasteiger charge is -2.40. The van der Waals surface area contributed by atoms with Crippen molar-refractivity contribution in [2.75, 3.05) is 19.6 Å². The molecule has 8 heteroatoms. The van der Waals surface area contributed by atoms with Gasteiger partial charge in [-0.2, -0.15) is 5.10 Å². The monoisotopic (exact) mass is 428 g/mol. The van der Waals surface area contributed by atoms with Crippen molar-refractivity contribution in [3.63, 3.8) is 0 Å². The molecule has 1 aromatic carbocycles. The average molecular weight is 428 g/mol. The van der Waals surface area contributed by atoms with Crippen molar-refractivity contribution in [1.82, 2.24) is 30.3 Å². The van der Waals surface area contributed by atoms with Gasteiger partial charge in [-0.25, -0.2) is 4.68 Å². The lowest BCUT2D eigenvalue weighted by Crippen LogP contribution is -2.58. The number of nitrogens with zero attached hydrogens (tertiary/aromatic N) is 4. The van der Waals surface area contributed by atoms with E-state index in [9.17, 15) is 9.59 Å². The second-order valence-electron chi connectivity index (χ2n) is 8.04. The fraction of sp³-hybridized carbons (Fsp3) is 0.250. The molecule has 4 heterocycles. The first-order valence-corrected chi connectivity index (χ1v) is 10.7. The molecule has 2 N–H and O–H groups in total. The zero-order valence-corrected chi connectivity index (χ0v) is 17.6. The van der Waals surface area contributed by atoms with Crippen molar-refractivity contribution in [3.8, 4) is 16.9 Å². The van der Waals surface area contributed by atoms with Crippen molar-refractivity contribution in [3.05, 3.63) is 72.7 Å². The van der Waals surface area contributed by atoms with Crippen LogP contribution in [-0.2, 0) is 9.59 Å². The number of piperidine rings is 1. The molecule has 0 saturated carbocycles. The van der Waals surface area contributed by atoms with Gasteiger partial charge in [0.05, 0.1) is 5.69 Å². The highest BCUT2D eigenvalue weighted by Gasteiger charge is 2.46. The van der Waals surface area contributed by atoms with Gasteiger partial charge in [-0.05, 0) is 43.4 Å². The Kier molecular flexibility index (Phi) is 5.28. The molecule has 8 nitrogen and oxygen atoms in total. The summed E-state index contributed by atoms with van der Waals surface area (Å²) in [5, 5.41) is 11.1. The summed E-state index contributed by atoms with van der Waals surface area (Å²) < 4.78 is 1.79. The Hall–Kier alpha value is -3.78. The van der Waals surface area contributed by atoms with Crippen LogP contribution in [0.4, 0.5) is 0 Å². The van der Waals surface area contributed by atoms with Crippen LogP contribution in [0.15, 0.2) is 67.1 Å². The van der Waals surface area contributed by atoms with Crippen LogP contribution in [0.3, 0.4) is 0 Å². The van der Waals surface area contributed by atoms with Crippen molar-refractivity contribution >= 4 is 17.9 Å². The number of carbonyl (C=O) groups is 2. The molecule has 0 atom stereocenters. The number of pyridine rings is 1. The fourth-order valence-corrected chi connectivity index (χ4v) is 4.39. The number of nitrogens with one attached hydrogen (secondary N) is 2. The molecule has 2 saturated heterocycles. The third kappa shape index (κ3) is 3.80. The fourth-order valence-electron chi connectivity index (χ4n) is 4.39. The maximum atomic E-state index is 13.1. The highest BCUT2D eigenvalue weighted by molar-refractivity contribution is 5.97. The molecular weight excluding hydrogens is 404 g/mol. The molecule has 2 aliphatic heterocycles. The van der Waals surface area contributed by atoms with E-state index in [1.54, 1.807) is 28.1 Å². The predicted octanol–water partition coefficient (Wildman–Crippen LogP) is 1.99. The van der Waals surface area contributed by atoms with Crippen LogP contribution in [0, 0.1) is 0 Å². The number of benzene rings is 1. The van der Waals surface area contributed by atoms with Crippen molar-refractivity contribution < 1.29 is 9.59 Å². The maximum Gasteiger partial charge on any atom is 0.248 e. The van der Waals surface area contributed by atoms with E-state index in [0.717, 1.165) is 35.6 Å². The Morgan fingerprint density at radius 3 is 2.66 bits per heavy atom. The van der Waals surface area contributed by atoms with Crippen molar-refractivity contribution in [2.24, 2.45) is 0 Å². The van der Waals surface area contributed by atoms with Crippen LogP contribution in [-0.4, -0.2) is 56.8 Å². The molecule has 2 amide bonds. The number of aromatic nitrogens is 3. The van der Waals surface area contributed by atoms with Gasteiger partial charge in [-0.15, -0.1) is 0 Å². The lowest BCUT2D eigenvalue weighted by molar-refractivity contribution is -0.131. The molecule has 32 heavy (non-hydrogen) atoms. The Morgan fingerprint density at radius 2 is 1.91 bits per heavy atom. The molecule has 2 fully saturated rings. The van der Waals surface area contributed by atoms with E-state index < -0.39 is 5.66 Å². The summed E-state index contributed by atoms with van der Waals surface area (Å²) in [6.07, 6.45) is 10.1. The Bertz CT molecular complexity index is 1150. The van der Waals surface area contributed by atoms with E-state index in [2.05, 4.69) is 15.6 Å². The van der Waals surface area contributed by atoms with E-state index in [-0.39, 0.29) is 18.4 Å². The summed E-state index contributed by atoms with van der Waals surface area (Å²) in [5.74, 6) is -0.295. The highest BCUT2D eigenvalue weighted by Crippen LogP contribution is 2.29. The Labute approximate surface area is 186 Å². The molecule has 2 aliphatic rings. The second-order valence-corrected chi connectivity index (χ2v) is 8.04. The normalized spacial score (nSPS) is 17.8.